The van der Waals surface area contributed by atoms with E-state index in [1.54, 1.807) is 0 Å². The van der Waals surface area contributed by atoms with Gasteiger partial charge < -0.3 is 0 Å². The van der Waals surface area contributed by atoms with Gasteiger partial charge in [0.1, 0.15) is 0 Å². The van der Waals surface area contributed by atoms with Crippen LogP contribution in [-0.2, 0) is 0 Å². The fourth-order valence-electron chi connectivity index (χ4n) is 0.683. The second-order valence-electron chi connectivity index (χ2n) is 2.21. The molecular weight excluding hydrogens is 189 g/mol. The molecule has 0 nitrogen and oxygen atoms in total. The lowest BCUT2D eigenvalue weighted by Crippen LogP contribution is -2.13. The van der Waals surface area contributed by atoms with Gasteiger partial charge in [-0.15, -0.1) is 0 Å². The first-order valence-corrected chi connectivity index (χ1v) is 3.43. The van der Waals surface area contributed by atoms with Gasteiger partial charge in [0.05, 0.1) is 10.6 Å². The molecule has 0 aromatic heterocycles. The molecule has 0 aromatic carbocycles. The molecule has 4 heteroatoms. The van der Waals surface area contributed by atoms with E-state index in [2.05, 4.69) is 13.2 Å². The normalized spacial score (nSPS) is 13.8. The van der Waals surface area contributed by atoms with Crippen LogP contribution in [0, 0.1) is 0 Å². The van der Waals surface area contributed by atoms with Gasteiger partial charge in [-0.25, -0.2) is 0 Å². The summed E-state index contributed by atoms with van der Waals surface area (Å²) in [5, 5.41) is -0.421. The minimum Gasteiger partial charge on any atom is -0.166 e. The van der Waals surface area contributed by atoms with Crippen LogP contribution in [-0.4, -0.2) is 6.18 Å². The summed E-state index contributed by atoms with van der Waals surface area (Å²) in [6.07, 6.45) is -3.52. The molecule has 12 heavy (non-hydrogen) atoms. The van der Waals surface area contributed by atoms with E-state index in [0.717, 1.165) is 6.08 Å². The molecule has 0 bridgehead atoms. The van der Waals surface area contributed by atoms with Crippen LogP contribution < -0.4 is 0 Å². The van der Waals surface area contributed by atoms with Crippen LogP contribution in [0.15, 0.2) is 35.4 Å². The van der Waals surface area contributed by atoms with Crippen LogP contribution >= 0.6 is 11.6 Å². The van der Waals surface area contributed by atoms with Crippen LogP contribution in [0.3, 0.4) is 0 Å². The second-order valence-corrected chi connectivity index (χ2v) is 2.61. The summed E-state index contributed by atoms with van der Waals surface area (Å²) < 4.78 is 36.5. The van der Waals surface area contributed by atoms with Gasteiger partial charge in [-0.05, 0) is 12.5 Å². The Morgan fingerprint density at radius 2 is 1.83 bits per heavy atom. The molecule has 0 aliphatic rings. The first-order chi connectivity index (χ1) is 5.30. The predicted octanol–water partition coefficient (Wildman–Crippen LogP) is 3.80. The highest BCUT2D eigenvalue weighted by molar-refractivity contribution is 6.31. The fraction of sp³-hybridized carbons (Fsp3) is 0.250. The molecule has 0 aliphatic carbocycles. The highest BCUT2D eigenvalue weighted by atomic mass is 35.5. The van der Waals surface area contributed by atoms with E-state index in [1.165, 1.54) is 6.92 Å². The van der Waals surface area contributed by atoms with Gasteiger partial charge in [0, 0.05) is 0 Å². The summed E-state index contributed by atoms with van der Waals surface area (Å²) in [7, 11) is 0. The Bertz CT molecular complexity index is 235. The monoisotopic (exact) mass is 196 g/mol. The van der Waals surface area contributed by atoms with Crippen molar-refractivity contribution in [3.8, 4) is 0 Å². The topological polar surface area (TPSA) is 0 Å². The molecule has 68 valence electrons. The Labute approximate surface area is 74.0 Å². The number of halogens is 4. The van der Waals surface area contributed by atoms with Crippen molar-refractivity contribution in [1.82, 2.24) is 0 Å². The smallest absolute Gasteiger partial charge is 0.166 e. The Hall–Kier alpha value is -0.700. The molecule has 0 N–H and O–H groups in total. The third-order valence-corrected chi connectivity index (χ3v) is 1.47. The molecule has 0 saturated carbocycles. The zero-order chi connectivity index (χ0) is 9.94. The van der Waals surface area contributed by atoms with E-state index in [1.807, 2.05) is 0 Å². The van der Waals surface area contributed by atoms with Gasteiger partial charge >= 0.3 is 6.18 Å². The molecule has 0 radical (unpaired) electrons. The van der Waals surface area contributed by atoms with Crippen molar-refractivity contribution < 1.29 is 13.2 Å². The SMILES string of the molecule is C=C/C(Cl)=C(\C(=C)C)C(F)(F)F. The molecule has 0 aromatic rings. The Balaban J connectivity index is 5.21. The van der Waals surface area contributed by atoms with Crippen molar-refractivity contribution in [2.24, 2.45) is 0 Å². The highest BCUT2D eigenvalue weighted by Gasteiger charge is 2.35. The first kappa shape index (κ1) is 11.3. The van der Waals surface area contributed by atoms with E-state index >= 15 is 0 Å². The summed E-state index contributed by atoms with van der Waals surface area (Å²) >= 11 is 5.29. The predicted molar refractivity (Wildman–Crippen MR) is 43.9 cm³/mol. The van der Waals surface area contributed by atoms with Crippen molar-refractivity contribution in [3.63, 3.8) is 0 Å². The average molecular weight is 197 g/mol. The van der Waals surface area contributed by atoms with Crippen molar-refractivity contribution >= 4 is 11.6 Å². The quantitative estimate of drug-likeness (QED) is 0.590. The number of alkyl halides is 3. The largest absolute Gasteiger partial charge is 0.418 e. The Kier molecular flexibility index (Phi) is 3.58. The zero-order valence-corrected chi connectivity index (χ0v) is 7.26. The van der Waals surface area contributed by atoms with E-state index in [-0.39, 0.29) is 5.57 Å². The van der Waals surface area contributed by atoms with E-state index < -0.39 is 16.8 Å². The second kappa shape index (κ2) is 3.81. The standard InChI is InChI=1S/C8H8ClF3/c1-4-6(9)7(5(2)3)8(10,11)12/h4H,1-2H2,3H3/b7-6-. The molecule has 0 amide bonds. The maximum Gasteiger partial charge on any atom is 0.418 e. The molecule has 0 heterocycles. The van der Waals surface area contributed by atoms with Crippen molar-refractivity contribution in [2.75, 3.05) is 0 Å². The number of hydrogen-bond donors (Lipinski definition) is 0. The van der Waals surface area contributed by atoms with Crippen LogP contribution in [0.4, 0.5) is 13.2 Å². The zero-order valence-electron chi connectivity index (χ0n) is 6.50. The molecule has 0 unspecified atom stereocenters. The summed E-state index contributed by atoms with van der Waals surface area (Å²) in [4.78, 5) is 0. The van der Waals surface area contributed by atoms with Crippen LogP contribution in [0.25, 0.3) is 0 Å². The molecular formula is C8H8ClF3. The number of rotatable bonds is 2. The van der Waals surface area contributed by atoms with Gasteiger partial charge in [-0.3, -0.25) is 0 Å². The highest BCUT2D eigenvalue weighted by Crippen LogP contribution is 2.34. The average Bonchev–Trinajstić information content (AvgIpc) is 1.83. The molecule has 0 aliphatic heterocycles. The van der Waals surface area contributed by atoms with E-state index in [0.29, 0.717) is 0 Å². The lowest BCUT2D eigenvalue weighted by atomic mass is 10.1. The number of hydrogen-bond acceptors (Lipinski definition) is 0. The summed E-state index contributed by atoms with van der Waals surface area (Å²) in [5.41, 5.74) is -1.04. The lowest BCUT2D eigenvalue weighted by Gasteiger charge is -2.11. The van der Waals surface area contributed by atoms with Gasteiger partial charge in [-0.2, -0.15) is 13.2 Å². The van der Waals surface area contributed by atoms with Crippen LogP contribution in [0.1, 0.15) is 6.92 Å². The van der Waals surface area contributed by atoms with Gasteiger partial charge in [0.2, 0.25) is 0 Å². The minimum absolute atomic E-state index is 0.118. The van der Waals surface area contributed by atoms with Crippen LogP contribution in [0.5, 0.6) is 0 Å². The summed E-state index contributed by atoms with van der Waals surface area (Å²) in [5.74, 6) is 0. The third kappa shape index (κ3) is 2.74. The van der Waals surface area contributed by atoms with E-state index in [9.17, 15) is 13.2 Å². The lowest BCUT2D eigenvalue weighted by molar-refractivity contribution is -0.0894. The maximum atomic E-state index is 12.2. The third-order valence-electron chi connectivity index (χ3n) is 1.13. The fourth-order valence-corrected chi connectivity index (χ4v) is 0.952. The van der Waals surface area contributed by atoms with Crippen molar-refractivity contribution in [1.29, 1.82) is 0 Å². The molecule has 0 fully saturated rings. The Morgan fingerprint density at radius 3 is 1.92 bits per heavy atom. The molecule has 0 atom stereocenters. The Morgan fingerprint density at radius 1 is 1.42 bits per heavy atom. The van der Waals surface area contributed by atoms with Crippen LogP contribution in [0.2, 0.25) is 0 Å². The van der Waals surface area contributed by atoms with E-state index in [4.69, 9.17) is 11.6 Å². The van der Waals surface area contributed by atoms with Gasteiger partial charge in [-0.1, -0.05) is 30.8 Å². The van der Waals surface area contributed by atoms with Crippen molar-refractivity contribution in [3.05, 3.63) is 35.4 Å². The minimum atomic E-state index is -4.46. The molecule has 0 rings (SSSR count). The first-order valence-electron chi connectivity index (χ1n) is 3.06. The summed E-state index contributed by atoms with van der Waals surface area (Å²) in [6, 6.07) is 0. The van der Waals surface area contributed by atoms with Gasteiger partial charge in [0.25, 0.3) is 0 Å². The maximum absolute atomic E-state index is 12.2. The number of allylic oxidation sites excluding steroid dienone is 4. The van der Waals surface area contributed by atoms with Gasteiger partial charge in [0.15, 0.2) is 0 Å². The van der Waals surface area contributed by atoms with Crippen molar-refractivity contribution in [2.45, 2.75) is 13.1 Å². The molecule has 0 spiro atoms. The summed E-state index contributed by atoms with van der Waals surface area (Å²) in [6.45, 7) is 7.57. The molecule has 0 saturated heterocycles.